The number of carbonyl (C=O) groups excluding carboxylic acids is 2. The van der Waals surface area contributed by atoms with E-state index in [0.717, 1.165) is 4.47 Å². The maximum atomic E-state index is 11.8. The van der Waals surface area contributed by atoms with Crippen LogP contribution in [-0.2, 0) is 4.79 Å². The molecule has 0 aromatic heterocycles. The first-order valence-corrected chi connectivity index (χ1v) is 5.61. The van der Waals surface area contributed by atoms with Crippen LogP contribution in [0.1, 0.15) is 24.2 Å². The van der Waals surface area contributed by atoms with Crippen molar-refractivity contribution in [2.75, 3.05) is 0 Å². The first-order valence-electron chi connectivity index (χ1n) is 4.82. The van der Waals surface area contributed by atoms with Crippen molar-refractivity contribution < 1.29 is 9.59 Å². The fourth-order valence-corrected chi connectivity index (χ4v) is 1.37. The van der Waals surface area contributed by atoms with Gasteiger partial charge in [-0.05, 0) is 24.3 Å². The SMILES string of the molecule is CC(C)C(=O)N(N)C(=O)c1ccc(Br)cc1. The minimum atomic E-state index is -0.494. The number of nitrogens with two attached hydrogens (primary N) is 1. The highest BCUT2D eigenvalue weighted by Crippen LogP contribution is 2.12. The van der Waals surface area contributed by atoms with Gasteiger partial charge in [-0.3, -0.25) is 9.59 Å². The molecule has 0 radical (unpaired) electrons. The van der Waals surface area contributed by atoms with Crippen LogP contribution in [0.3, 0.4) is 0 Å². The second kappa shape index (κ2) is 5.23. The predicted octanol–water partition coefficient (Wildman–Crippen LogP) is 1.95. The lowest BCUT2D eigenvalue weighted by molar-refractivity contribution is -0.132. The highest BCUT2D eigenvalue weighted by Gasteiger charge is 2.21. The first-order chi connectivity index (χ1) is 7.43. The lowest BCUT2D eigenvalue weighted by Crippen LogP contribution is -2.44. The summed E-state index contributed by atoms with van der Waals surface area (Å²) in [4.78, 5) is 23.3. The Morgan fingerprint density at radius 3 is 2.19 bits per heavy atom. The first kappa shape index (κ1) is 12.9. The molecule has 2 N–H and O–H groups in total. The highest BCUT2D eigenvalue weighted by molar-refractivity contribution is 9.10. The summed E-state index contributed by atoms with van der Waals surface area (Å²) in [5, 5.41) is 0.661. The molecule has 0 unspecified atom stereocenters. The number of hydrogen-bond acceptors (Lipinski definition) is 3. The molecule has 4 nitrogen and oxygen atoms in total. The fraction of sp³-hybridized carbons (Fsp3) is 0.273. The van der Waals surface area contributed by atoms with Crippen LogP contribution in [0, 0.1) is 5.92 Å². The van der Waals surface area contributed by atoms with Gasteiger partial charge in [0.15, 0.2) is 0 Å². The summed E-state index contributed by atoms with van der Waals surface area (Å²) in [6, 6.07) is 6.67. The summed E-state index contributed by atoms with van der Waals surface area (Å²) in [7, 11) is 0. The third-order valence-corrected chi connectivity index (χ3v) is 2.57. The normalized spacial score (nSPS) is 10.3. The highest BCUT2D eigenvalue weighted by atomic mass is 79.9. The molecule has 0 spiro atoms. The molecule has 86 valence electrons. The van der Waals surface area contributed by atoms with E-state index in [9.17, 15) is 9.59 Å². The van der Waals surface area contributed by atoms with Gasteiger partial charge in [0.25, 0.3) is 5.91 Å². The van der Waals surface area contributed by atoms with E-state index in [2.05, 4.69) is 15.9 Å². The zero-order chi connectivity index (χ0) is 12.3. The average molecular weight is 285 g/mol. The number of imide groups is 1. The average Bonchev–Trinajstić information content (AvgIpc) is 2.27. The van der Waals surface area contributed by atoms with Crippen LogP contribution in [0.15, 0.2) is 28.7 Å². The predicted molar refractivity (Wildman–Crippen MR) is 64.3 cm³/mol. The molecule has 0 heterocycles. The Hall–Kier alpha value is -1.20. The molecule has 2 amide bonds. The molecule has 0 fully saturated rings. The molecule has 0 atom stereocenters. The third kappa shape index (κ3) is 2.90. The molecular weight excluding hydrogens is 272 g/mol. The van der Waals surface area contributed by atoms with Crippen LogP contribution in [0.5, 0.6) is 0 Å². The number of hydrazine groups is 1. The third-order valence-electron chi connectivity index (χ3n) is 2.04. The summed E-state index contributed by atoms with van der Waals surface area (Å²) < 4.78 is 0.864. The molecule has 0 saturated heterocycles. The molecule has 1 rings (SSSR count). The van der Waals surface area contributed by atoms with E-state index in [1.165, 1.54) is 0 Å². The van der Waals surface area contributed by atoms with E-state index in [-0.39, 0.29) is 5.92 Å². The monoisotopic (exact) mass is 284 g/mol. The van der Waals surface area contributed by atoms with Crippen molar-refractivity contribution in [2.24, 2.45) is 11.8 Å². The van der Waals surface area contributed by atoms with E-state index >= 15 is 0 Å². The molecule has 0 saturated carbocycles. The zero-order valence-corrected chi connectivity index (χ0v) is 10.7. The molecule has 0 aliphatic carbocycles. The van der Waals surface area contributed by atoms with E-state index in [4.69, 9.17) is 5.84 Å². The number of rotatable bonds is 2. The van der Waals surface area contributed by atoms with E-state index in [1.54, 1.807) is 38.1 Å². The van der Waals surface area contributed by atoms with Crippen LogP contribution < -0.4 is 5.84 Å². The summed E-state index contributed by atoms with van der Waals surface area (Å²) in [6.07, 6.45) is 0. The summed E-state index contributed by atoms with van der Waals surface area (Å²) in [5.74, 6) is 4.26. The Bertz CT molecular complexity index is 401. The van der Waals surface area contributed by atoms with Gasteiger partial charge in [-0.25, -0.2) is 10.9 Å². The standard InChI is InChI=1S/C11H13BrN2O2/c1-7(2)10(15)14(13)11(16)8-3-5-9(12)6-4-8/h3-7H,13H2,1-2H3. The van der Waals surface area contributed by atoms with Crippen molar-refractivity contribution in [3.63, 3.8) is 0 Å². The Morgan fingerprint density at radius 1 is 1.25 bits per heavy atom. The van der Waals surface area contributed by atoms with Gasteiger partial charge in [0.1, 0.15) is 0 Å². The lowest BCUT2D eigenvalue weighted by atomic mass is 10.1. The Kier molecular flexibility index (Phi) is 4.20. The van der Waals surface area contributed by atoms with Gasteiger partial charge in [0, 0.05) is 16.0 Å². The summed E-state index contributed by atoms with van der Waals surface area (Å²) in [5.41, 5.74) is 0.389. The Balaban J connectivity index is 2.86. The van der Waals surface area contributed by atoms with Gasteiger partial charge in [-0.15, -0.1) is 0 Å². The van der Waals surface area contributed by atoms with E-state index < -0.39 is 11.8 Å². The van der Waals surface area contributed by atoms with Crippen LogP contribution in [0.4, 0.5) is 0 Å². The zero-order valence-electron chi connectivity index (χ0n) is 9.11. The minimum Gasteiger partial charge on any atom is -0.273 e. The largest absolute Gasteiger partial charge is 0.274 e. The lowest BCUT2D eigenvalue weighted by Gasteiger charge is -2.16. The number of amides is 2. The number of hydrogen-bond donors (Lipinski definition) is 1. The quantitative estimate of drug-likeness (QED) is 0.513. The smallest absolute Gasteiger partial charge is 0.273 e. The van der Waals surface area contributed by atoms with Crippen LogP contribution in [0.25, 0.3) is 0 Å². The fourth-order valence-electron chi connectivity index (χ4n) is 1.11. The number of benzene rings is 1. The van der Waals surface area contributed by atoms with Crippen molar-refractivity contribution in [2.45, 2.75) is 13.8 Å². The molecule has 1 aromatic carbocycles. The topological polar surface area (TPSA) is 63.4 Å². The Morgan fingerprint density at radius 2 is 1.75 bits per heavy atom. The van der Waals surface area contributed by atoms with E-state index in [1.807, 2.05) is 0 Å². The van der Waals surface area contributed by atoms with Crippen LogP contribution in [-0.4, -0.2) is 16.8 Å². The number of carbonyl (C=O) groups is 2. The van der Waals surface area contributed by atoms with Gasteiger partial charge in [-0.1, -0.05) is 29.8 Å². The molecule has 1 aromatic rings. The van der Waals surface area contributed by atoms with Gasteiger partial charge >= 0.3 is 0 Å². The molecule has 0 aliphatic heterocycles. The van der Waals surface area contributed by atoms with Crippen LogP contribution in [0.2, 0.25) is 0 Å². The minimum absolute atomic E-state index is 0.301. The maximum Gasteiger partial charge on any atom is 0.274 e. The van der Waals surface area contributed by atoms with Gasteiger partial charge in [0.2, 0.25) is 5.91 Å². The van der Waals surface area contributed by atoms with Gasteiger partial charge in [-0.2, -0.15) is 0 Å². The summed E-state index contributed by atoms with van der Waals surface area (Å²) >= 11 is 3.26. The molecular formula is C11H13BrN2O2. The van der Waals surface area contributed by atoms with Gasteiger partial charge < -0.3 is 0 Å². The number of nitrogens with zero attached hydrogens (tertiary/aromatic N) is 1. The van der Waals surface area contributed by atoms with Crippen molar-refractivity contribution >= 4 is 27.7 Å². The Labute approximate surface area is 103 Å². The molecule has 0 bridgehead atoms. The van der Waals surface area contributed by atoms with Crippen molar-refractivity contribution in [1.82, 2.24) is 5.01 Å². The molecule has 16 heavy (non-hydrogen) atoms. The molecule has 0 aliphatic rings. The second-order valence-electron chi connectivity index (χ2n) is 3.67. The van der Waals surface area contributed by atoms with Crippen molar-refractivity contribution in [1.29, 1.82) is 0 Å². The van der Waals surface area contributed by atoms with Gasteiger partial charge in [0.05, 0.1) is 0 Å². The van der Waals surface area contributed by atoms with E-state index in [0.29, 0.717) is 10.6 Å². The van der Waals surface area contributed by atoms with Crippen molar-refractivity contribution in [3.05, 3.63) is 34.3 Å². The van der Waals surface area contributed by atoms with Crippen molar-refractivity contribution in [3.8, 4) is 0 Å². The second-order valence-corrected chi connectivity index (χ2v) is 4.59. The van der Waals surface area contributed by atoms with Crippen LogP contribution >= 0.6 is 15.9 Å². The summed E-state index contributed by atoms with van der Waals surface area (Å²) in [6.45, 7) is 3.38. The number of halogens is 1. The molecule has 5 heteroatoms. The maximum absolute atomic E-state index is 11.8.